The number of aliphatic hydroxyl groups is 2. The lowest BCUT2D eigenvalue weighted by Gasteiger charge is -2.61. The summed E-state index contributed by atoms with van der Waals surface area (Å²) in [7, 11) is 3.56. The monoisotopic (exact) mass is 516 g/mol. The van der Waals surface area contributed by atoms with Crippen LogP contribution in [0.15, 0.2) is 24.0 Å². The number of methoxy groups -OCH3 is 1. The van der Waals surface area contributed by atoms with Crippen LogP contribution in [-0.4, -0.2) is 88.7 Å². The Morgan fingerprint density at radius 1 is 1.32 bits per heavy atom. The Kier molecular flexibility index (Phi) is 6.20. The normalized spacial score (nSPS) is 30.8. The molecule has 1 saturated heterocycles. The highest BCUT2D eigenvalue weighted by atomic mass is 16.6. The fraction of sp³-hybridized carbons (Fsp3) is 0.577. The van der Waals surface area contributed by atoms with Crippen LogP contribution in [-0.2, 0) is 31.0 Å². The fourth-order valence-electron chi connectivity index (χ4n) is 6.58. The average molecular weight is 517 g/mol. The molecule has 5 rings (SSSR count). The highest BCUT2D eigenvalue weighted by Gasteiger charge is 2.72. The number of carbonyl (C=O) groups is 3. The molecule has 6 atom stereocenters. The number of esters is 1. The van der Waals surface area contributed by atoms with E-state index < -0.39 is 47.1 Å². The van der Waals surface area contributed by atoms with Crippen LogP contribution >= 0.6 is 0 Å². The first-order valence-corrected chi connectivity index (χ1v) is 12.4. The zero-order valence-corrected chi connectivity index (χ0v) is 21.0. The van der Waals surface area contributed by atoms with Crippen LogP contribution in [0.25, 0.3) is 0 Å². The van der Waals surface area contributed by atoms with E-state index >= 15 is 0 Å². The van der Waals surface area contributed by atoms with Crippen LogP contribution < -0.4 is 14.8 Å². The Bertz CT molecular complexity index is 1180. The molecule has 2 aliphatic carbocycles. The van der Waals surface area contributed by atoms with Gasteiger partial charge in [0.25, 0.3) is 0 Å². The minimum absolute atomic E-state index is 0.137. The number of carbonyl (C=O) groups excluding carboxylic acids is 2. The van der Waals surface area contributed by atoms with E-state index in [-0.39, 0.29) is 31.1 Å². The summed E-state index contributed by atoms with van der Waals surface area (Å²) in [5.74, 6) is -1.46. The van der Waals surface area contributed by atoms with Crippen molar-refractivity contribution in [3.63, 3.8) is 0 Å². The molecule has 1 fully saturated rings. The van der Waals surface area contributed by atoms with Crippen LogP contribution in [0.1, 0.15) is 43.7 Å². The van der Waals surface area contributed by atoms with Crippen molar-refractivity contribution in [2.24, 2.45) is 0 Å². The number of hydrogen-bond acceptors (Lipinski definition) is 9. The molecule has 0 saturated carbocycles. The molecule has 11 heteroatoms. The Balaban J connectivity index is 1.41. The van der Waals surface area contributed by atoms with Crippen LogP contribution in [0.4, 0.5) is 0 Å². The molecule has 1 spiro atoms. The maximum Gasteiger partial charge on any atom is 0.326 e. The van der Waals surface area contributed by atoms with Crippen LogP contribution in [0.5, 0.6) is 11.5 Å². The standard InChI is InChI=1S/C26H32N2O9/c1-13(29)23(31)27-15(24(32)33)5-7-19(30)36-17-8-9-26(34)18-12-14-4-6-16(35-3)21-20(14)25(26,22(17)37-21)10-11-28(18)2/h4,6,8,13,15,18,22,29,34H,5,7,9-12H2,1-3H3,(H,27,31)(H,32,33)/t13-,15-,18-,22-,25-,26+/m0/s1. The van der Waals surface area contributed by atoms with Crippen molar-refractivity contribution < 1.29 is 43.9 Å². The molecule has 4 N–H and O–H groups in total. The third-order valence-corrected chi connectivity index (χ3v) is 8.42. The number of ether oxygens (including phenoxy) is 3. The smallest absolute Gasteiger partial charge is 0.326 e. The first-order valence-electron chi connectivity index (χ1n) is 12.4. The number of aliphatic hydroxyl groups excluding tert-OH is 1. The number of amides is 1. The highest BCUT2D eigenvalue weighted by Crippen LogP contribution is 2.65. The third kappa shape index (κ3) is 3.71. The fourth-order valence-corrected chi connectivity index (χ4v) is 6.58. The van der Waals surface area contributed by atoms with Gasteiger partial charge in [-0.1, -0.05) is 6.07 Å². The van der Waals surface area contributed by atoms with Crippen LogP contribution in [0, 0.1) is 0 Å². The predicted octanol–water partition coefficient (Wildman–Crippen LogP) is 0.247. The zero-order chi connectivity index (χ0) is 26.7. The summed E-state index contributed by atoms with van der Waals surface area (Å²) < 4.78 is 17.7. The number of hydrogen-bond donors (Lipinski definition) is 4. The molecule has 1 amide bonds. The maximum absolute atomic E-state index is 12.8. The van der Waals surface area contributed by atoms with Crippen molar-refractivity contribution in [2.75, 3.05) is 20.7 Å². The number of nitrogens with one attached hydrogen (secondary N) is 1. The zero-order valence-electron chi connectivity index (χ0n) is 21.0. The first kappa shape index (κ1) is 25.5. The molecule has 200 valence electrons. The number of carboxylic acid groups (broad SMARTS) is 1. The van der Waals surface area contributed by atoms with Gasteiger partial charge in [0.2, 0.25) is 5.91 Å². The molecule has 1 aromatic carbocycles. The lowest BCUT2D eigenvalue weighted by atomic mass is 9.50. The minimum Gasteiger partial charge on any atom is -0.493 e. The summed E-state index contributed by atoms with van der Waals surface area (Å²) in [5, 5.41) is 33.1. The number of benzene rings is 1. The van der Waals surface area contributed by atoms with Crippen molar-refractivity contribution in [3.8, 4) is 11.5 Å². The third-order valence-electron chi connectivity index (χ3n) is 8.42. The Morgan fingerprint density at radius 2 is 2.08 bits per heavy atom. The average Bonchev–Trinajstić information content (AvgIpc) is 3.21. The van der Waals surface area contributed by atoms with E-state index in [9.17, 15) is 29.7 Å². The van der Waals surface area contributed by atoms with Gasteiger partial charge in [-0.25, -0.2) is 4.79 Å². The summed E-state index contributed by atoms with van der Waals surface area (Å²) in [5.41, 5.74) is 0.0356. The second-order valence-corrected chi connectivity index (χ2v) is 10.4. The van der Waals surface area contributed by atoms with E-state index in [0.29, 0.717) is 24.3 Å². The topological polar surface area (TPSA) is 155 Å². The van der Waals surface area contributed by atoms with Gasteiger partial charge < -0.3 is 39.7 Å². The summed E-state index contributed by atoms with van der Waals surface area (Å²) in [4.78, 5) is 38.3. The van der Waals surface area contributed by atoms with E-state index in [1.165, 1.54) is 6.92 Å². The maximum atomic E-state index is 12.8. The number of nitrogens with zero attached hydrogens (tertiary/aromatic N) is 1. The van der Waals surface area contributed by atoms with Crippen molar-refractivity contribution in [2.45, 2.75) is 74.3 Å². The summed E-state index contributed by atoms with van der Waals surface area (Å²) in [6.07, 6.45) is 0.586. The lowest BCUT2D eigenvalue weighted by Crippen LogP contribution is -2.74. The van der Waals surface area contributed by atoms with Gasteiger partial charge in [-0.15, -0.1) is 0 Å². The number of piperidine rings is 1. The van der Waals surface area contributed by atoms with Gasteiger partial charge >= 0.3 is 11.9 Å². The van der Waals surface area contributed by atoms with Gasteiger partial charge in [0.15, 0.2) is 17.6 Å². The predicted molar refractivity (Wildman–Crippen MR) is 128 cm³/mol. The number of likely N-dealkylation sites (N-methyl/N-ethyl adjacent to an activating group) is 1. The SMILES string of the molecule is COc1ccc2c3c1O[C@H]1C(OC(=O)CC[C@H](NC(=O)[C@H](C)O)C(=O)O)=CC[C@@]4(O)[C@H](C2)N(C)CC[C@]314. The van der Waals surface area contributed by atoms with Gasteiger partial charge in [0.05, 0.1) is 18.1 Å². The van der Waals surface area contributed by atoms with E-state index in [0.717, 1.165) is 17.7 Å². The molecule has 2 aliphatic heterocycles. The van der Waals surface area contributed by atoms with Crippen molar-refractivity contribution >= 4 is 17.8 Å². The van der Waals surface area contributed by atoms with Gasteiger partial charge in [-0.3, -0.25) is 9.59 Å². The van der Waals surface area contributed by atoms with Gasteiger partial charge in [0.1, 0.15) is 17.9 Å². The Labute approximate surface area is 214 Å². The number of aliphatic carboxylic acids is 1. The number of carboxylic acids is 1. The summed E-state index contributed by atoms with van der Waals surface area (Å²) in [6, 6.07) is 2.37. The molecule has 37 heavy (non-hydrogen) atoms. The largest absolute Gasteiger partial charge is 0.493 e. The van der Waals surface area contributed by atoms with E-state index in [4.69, 9.17) is 14.2 Å². The molecule has 4 aliphatic rings. The molecular weight excluding hydrogens is 484 g/mol. The highest BCUT2D eigenvalue weighted by molar-refractivity contribution is 5.86. The molecule has 0 aromatic heterocycles. The second-order valence-electron chi connectivity index (χ2n) is 10.4. The summed E-state index contributed by atoms with van der Waals surface area (Å²) in [6.45, 7) is 1.95. The van der Waals surface area contributed by atoms with E-state index in [2.05, 4.69) is 10.2 Å². The lowest BCUT2D eigenvalue weighted by molar-refractivity contribution is -0.169. The van der Waals surface area contributed by atoms with Crippen LogP contribution in [0.3, 0.4) is 0 Å². The molecular formula is C26H32N2O9. The van der Waals surface area contributed by atoms with Crippen molar-refractivity contribution in [3.05, 3.63) is 35.1 Å². The molecule has 0 radical (unpaired) electrons. The van der Waals surface area contributed by atoms with Gasteiger partial charge in [0, 0.05) is 24.4 Å². The Hall–Kier alpha value is -3.15. The summed E-state index contributed by atoms with van der Waals surface area (Å²) >= 11 is 0. The first-order chi connectivity index (χ1) is 17.5. The van der Waals surface area contributed by atoms with E-state index in [1.807, 2.05) is 19.2 Å². The number of rotatable bonds is 8. The molecule has 2 heterocycles. The van der Waals surface area contributed by atoms with Crippen molar-refractivity contribution in [1.29, 1.82) is 0 Å². The van der Waals surface area contributed by atoms with Crippen LogP contribution in [0.2, 0.25) is 0 Å². The van der Waals surface area contributed by atoms with Gasteiger partial charge in [-0.05, 0) is 57.5 Å². The molecule has 11 nitrogen and oxygen atoms in total. The molecule has 2 bridgehead atoms. The Morgan fingerprint density at radius 3 is 2.76 bits per heavy atom. The quantitative estimate of drug-likeness (QED) is 0.353. The van der Waals surface area contributed by atoms with Crippen molar-refractivity contribution in [1.82, 2.24) is 10.2 Å². The van der Waals surface area contributed by atoms with Gasteiger partial charge in [-0.2, -0.15) is 0 Å². The van der Waals surface area contributed by atoms with E-state index in [1.54, 1.807) is 13.2 Å². The molecule has 0 unspecified atom stereocenters. The minimum atomic E-state index is -1.38. The number of likely N-dealkylation sites (tertiary alicyclic amines) is 1. The second kappa shape index (κ2) is 9.00. The molecule has 1 aromatic rings.